The molecule has 1 aromatic carbocycles. The highest BCUT2D eigenvalue weighted by molar-refractivity contribution is 7.09. The van der Waals surface area contributed by atoms with Crippen LogP contribution in [0.15, 0.2) is 28.3 Å². The zero-order valence-corrected chi connectivity index (χ0v) is 16.6. The number of thiazole rings is 1. The van der Waals surface area contributed by atoms with Crippen LogP contribution < -0.4 is 9.54 Å². The first kappa shape index (κ1) is 18.7. The van der Waals surface area contributed by atoms with Crippen LogP contribution in [0.1, 0.15) is 34.3 Å². The number of rotatable bonds is 4. The fourth-order valence-electron chi connectivity index (χ4n) is 2.76. The van der Waals surface area contributed by atoms with E-state index >= 15 is 0 Å². The summed E-state index contributed by atoms with van der Waals surface area (Å²) in [4.78, 5) is 24.2. The Morgan fingerprint density at radius 3 is 2.88 bits per heavy atom. The van der Waals surface area contributed by atoms with Gasteiger partial charge in [0.2, 0.25) is 0 Å². The van der Waals surface area contributed by atoms with Gasteiger partial charge < -0.3 is 14.1 Å². The van der Waals surface area contributed by atoms with Crippen LogP contribution in [-0.4, -0.2) is 29.4 Å². The highest BCUT2D eigenvalue weighted by Crippen LogP contribution is 2.23. The van der Waals surface area contributed by atoms with Crippen LogP contribution in [0.2, 0.25) is 5.02 Å². The molecule has 1 unspecified atom stereocenters. The molecule has 26 heavy (non-hydrogen) atoms. The number of carbonyl (C=O) groups is 1. The zero-order valence-electron chi connectivity index (χ0n) is 15.1. The van der Waals surface area contributed by atoms with E-state index in [1.54, 1.807) is 18.2 Å². The van der Waals surface area contributed by atoms with Crippen LogP contribution >= 0.6 is 22.9 Å². The average Bonchev–Trinajstić information content (AvgIpc) is 3.13. The summed E-state index contributed by atoms with van der Waals surface area (Å²) in [6.45, 7) is 6.56. The second-order valence-corrected chi connectivity index (χ2v) is 7.77. The van der Waals surface area contributed by atoms with E-state index in [0.717, 1.165) is 22.7 Å². The summed E-state index contributed by atoms with van der Waals surface area (Å²) in [7, 11) is 1.51. The lowest BCUT2D eigenvalue weighted by Crippen LogP contribution is -2.25. The molecule has 138 valence electrons. The van der Waals surface area contributed by atoms with Crippen LogP contribution in [-0.2, 0) is 11.4 Å². The SMILES string of the molecule is COc1ccc(Cl)cc1C(=O)/N=c1\sc(C)c(C)n1CC1CC(C)=NO1. The first-order valence-electron chi connectivity index (χ1n) is 8.17. The van der Waals surface area contributed by atoms with Crippen LogP contribution in [0.3, 0.4) is 0 Å². The van der Waals surface area contributed by atoms with Gasteiger partial charge in [-0.25, -0.2) is 0 Å². The van der Waals surface area contributed by atoms with Gasteiger partial charge in [0, 0.05) is 22.0 Å². The number of halogens is 1. The molecule has 1 aromatic heterocycles. The maximum absolute atomic E-state index is 12.7. The molecule has 0 saturated heterocycles. The van der Waals surface area contributed by atoms with Gasteiger partial charge in [0.1, 0.15) is 5.75 Å². The van der Waals surface area contributed by atoms with E-state index in [-0.39, 0.29) is 12.0 Å². The molecule has 0 fully saturated rings. The van der Waals surface area contributed by atoms with Crippen molar-refractivity contribution in [3.8, 4) is 5.75 Å². The summed E-state index contributed by atoms with van der Waals surface area (Å²) in [5.41, 5.74) is 2.37. The number of hydrogen-bond acceptors (Lipinski definition) is 5. The summed E-state index contributed by atoms with van der Waals surface area (Å²) in [5, 5.41) is 4.46. The summed E-state index contributed by atoms with van der Waals surface area (Å²) in [6.07, 6.45) is 0.731. The standard InChI is InChI=1S/C18H20ClN3O3S/c1-10-7-14(25-21-10)9-22-11(2)12(3)26-18(22)20-17(23)15-8-13(19)5-6-16(15)24-4/h5-6,8,14H,7,9H2,1-4H3/b20-18-. The number of nitrogens with zero attached hydrogens (tertiary/aromatic N) is 3. The molecule has 3 rings (SSSR count). The Bertz CT molecular complexity index is 946. The fraction of sp³-hybridized carbons (Fsp3) is 0.389. The second kappa shape index (κ2) is 7.63. The fourth-order valence-corrected chi connectivity index (χ4v) is 3.92. The number of aromatic nitrogens is 1. The first-order chi connectivity index (χ1) is 12.4. The normalized spacial score (nSPS) is 17.2. The minimum atomic E-state index is -0.390. The summed E-state index contributed by atoms with van der Waals surface area (Å²) >= 11 is 7.50. The summed E-state index contributed by atoms with van der Waals surface area (Å²) in [5.74, 6) is 0.0574. The van der Waals surface area contributed by atoms with E-state index in [2.05, 4.69) is 10.1 Å². The third-order valence-corrected chi connectivity index (χ3v) is 5.58. The molecule has 1 aliphatic heterocycles. The Kier molecular flexibility index (Phi) is 5.48. The van der Waals surface area contributed by atoms with Crippen molar-refractivity contribution < 1.29 is 14.4 Å². The average molecular weight is 394 g/mol. The zero-order chi connectivity index (χ0) is 18.8. The lowest BCUT2D eigenvalue weighted by molar-refractivity contribution is 0.0713. The Labute approximate surface area is 160 Å². The monoisotopic (exact) mass is 393 g/mol. The molecule has 0 N–H and O–H groups in total. The Morgan fingerprint density at radius 2 is 2.23 bits per heavy atom. The molecule has 0 spiro atoms. The number of oxime groups is 1. The van der Waals surface area contributed by atoms with Crippen LogP contribution in [0.25, 0.3) is 0 Å². The van der Waals surface area contributed by atoms with Crippen molar-refractivity contribution in [2.24, 2.45) is 10.1 Å². The quantitative estimate of drug-likeness (QED) is 0.794. The predicted octanol–water partition coefficient (Wildman–Crippen LogP) is 3.73. The minimum absolute atomic E-state index is 0.0440. The Hall–Kier alpha value is -2.12. The molecule has 1 amide bonds. The third kappa shape index (κ3) is 3.83. The molecule has 2 aromatic rings. The van der Waals surface area contributed by atoms with Crippen molar-refractivity contribution >= 4 is 34.6 Å². The van der Waals surface area contributed by atoms with Gasteiger partial charge in [0.05, 0.1) is 24.9 Å². The third-order valence-electron chi connectivity index (χ3n) is 4.25. The molecule has 1 atom stereocenters. The molecule has 0 aliphatic carbocycles. The van der Waals surface area contributed by atoms with Crippen molar-refractivity contribution in [3.05, 3.63) is 44.2 Å². The van der Waals surface area contributed by atoms with Crippen molar-refractivity contribution in [2.75, 3.05) is 7.11 Å². The van der Waals surface area contributed by atoms with Crippen molar-refractivity contribution in [1.82, 2.24) is 4.57 Å². The molecule has 8 heteroatoms. The van der Waals surface area contributed by atoms with Crippen molar-refractivity contribution in [2.45, 2.75) is 39.8 Å². The van der Waals surface area contributed by atoms with Crippen molar-refractivity contribution in [3.63, 3.8) is 0 Å². The number of aryl methyl sites for hydroxylation is 1. The van der Waals surface area contributed by atoms with Gasteiger partial charge in [-0.1, -0.05) is 16.8 Å². The molecule has 0 saturated carbocycles. The molecule has 6 nitrogen and oxygen atoms in total. The number of benzene rings is 1. The first-order valence-corrected chi connectivity index (χ1v) is 9.37. The largest absolute Gasteiger partial charge is 0.496 e. The Balaban J connectivity index is 1.97. The molecular weight excluding hydrogens is 374 g/mol. The predicted molar refractivity (Wildman–Crippen MR) is 102 cm³/mol. The van der Waals surface area contributed by atoms with Gasteiger partial charge >= 0.3 is 0 Å². The molecular formula is C18H20ClN3O3S. The number of ether oxygens (including phenoxy) is 1. The number of amides is 1. The van der Waals surface area contributed by atoms with Crippen LogP contribution in [0.5, 0.6) is 5.75 Å². The lowest BCUT2D eigenvalue weighted by Gasteiger charge is -2.11. The smallest absolute Gasteiger partial charge is 0.283 e. The van der Waals surface area contributed by atoms with E-state index in [1.807, 2.05) is 25.3 Å². The minimum Gasteiger partial charge on any atom is -0.496 e. The van der Waals surface area contributed by atoms with Gasteiger partial charge in [-0.2, -0.15) is 4.99 Å². The molecule has 0 bridgehead atoms. The van der Waals surface area contributed by atoms with Crippen LogP contribution in [0.4, 0.5) is 0 Å². The van der Waals surface area contributed by atoms with E-state index in [9.17, 15) is 4.79 Å². The lowest BCUT2D eigenvalue weighted by atomic mass is 10.2. The molecule has 1 aliphatic rings. The van der Waals surface area contributed by atoms with Crippen LogP contribution in [0, 0.1) is 13.8 Å². The van der Waals surface area contributed by atoms with Crippen molar-refractivity contribution in [1.29, 1.82) is 0 Å². The second-order valence-electron chi connectivity index (χ2n) is 6.16. The summed E-state index contributed by atoms with van der Waals surface area (Å²) in [6, 6.07) is 4.91. The highest BCUT2D eigenvalue weighted by Gasteiger charge is 2.21. The van der Waals surface area contributed by atoms with E-state index < -0.39 is 0 Å². The van der Waals surface area contributed by atoms with Gasteiger partial charge in [0.25, 0.3) is 5.91 Å². The number of hydrogen-bond donors (Lipinski definition) is 0. The maximum Gasteiger partial charge on any atom is 0.283 e. The maximum atomic E-state index is 12.7. The van der Waals surface area contributed by atoms with E-state index in [4.69, 9.17) is 21.2 Å². The van der Waals surface area contributed by atoms with Gasteiger partial charge in [-0.15, -0.1) is 11.3 Å². The number of methoxy groups -OCH3 is 1. The molecule has 2 heterocycles. The van der Waals surface area contributed by atoms with Gasteiger partial charge in [0.15, 0.2) is 10.9 Å². The topological polar surface area (TPSA) is 65.2 Å². The van der Waals surface area contributed by atoms with E-state index in [1.165, 1.54) is 18.4 Å². The summed E-state index contributed by atoms with van der Waals surface area (Å²) < 4.78 is 7.27. The highest BCUT2D eigenvalue weighted by atomic mass is 35.5. The van der Waals surface area contributed by atoms with Gasteiger partial charge in [-0.3, -0.25) is 4.79 Å². The Morgan fingerprint density at radius 1 is 1.46 bits per heavy atom. The van der Waals surface area contributed by atoms with Gasteiger partial charge in [-0.05, 0) is 39.0 Å². The number of carbonyl (C=O) groups excluding carboxylic acids is 1. The van der Waals surface area contributed by atoms with E-state index in [0.29, 0.717) is 27.7 Å². The molecule has 0 radical (unpaired) electrons.